The third kappa shape index (κ3) is 1.32. The van der Waals surface area contributed by atoms with Gasteiger partial charge in [0.2, 0.25) is 0 Å². The molecule has 0 amide bonds. The molecule has 0 saturated heterocycles. The molecule has 0 spiro atoms. The number of hydrogen-bond acceptors (Lipinski definition) is 3. The summed E-state index contributed by atoms with van der Waals surface area (Å²) in [6.45, 7) is 3.21. The average Bonchev–Trinajstić information content (AvgIpc) is 2.04. The van der Waals surface area contributed by atoms with Crippen molar-refractivity contribution in [2.45, 2.75) is 13.8 Å². The minimum absolute atomic E-state index is 0.0582. The average molecular weight is 160 g/mol. The zero-order valence-electron chi connectivity index (χ0n) is 6.96. The lowest BCUT2D eigenvalue weighted by Gasteiger charge is -2.00. The lowest BCUT2D eigenvalue weighted by molar-refractivity contribution is 0.101. The van der Waals surface area contributed by atoms with Crippen LogP contribution in [0, 0.1) is 18.3 Å². The SMILES string of the molecule is CC(=O)c1cncc(C#N)c1C. The van der Waals surface area contributed by atoms with Gasteiger partial charge >= 0.3 is 0 Å². The number of hydrogen-bond donors (Lipinski definition) is 0. The molecule has 1 rings (SSSR count). The van der Waals surface area contributed by atoms with E-state index in [4.69, 9.17) is 5.26 Å². The summed E-state index contributed by atoms with van der Waals surface area (Å²) in [6, 6.07) is 1.98. The molecule has 0 saturated carbocycles. The molecule has 1 heterocycles. The number of rotatable bonds is 1. The molecule has 0 N–H and O–H groups in total. The van der Waals surface area contributed by atoms with Gasteiger partial charge in [0.1, 0.15) is 6.07 Å². The van der Waals surface area contributed by atoms with E-state index in [-0.39, 0.29) is 5.78 Å². The van der Waals surface area contributed by atoms with Crippen molar-refractivity contribution in [3.63, 3.8) is 0 Å². The van der Waals surface area contributed by atoms with Crippen molar-refractivity contribution in [2.24, 2.45) is 0 Å². The molecule has 0 unspecified atom stereocenters. The summed E-state index contributed by atoms with van der Waals surface area (Å²) >= 11 is 0. The lowest BCUT2D eigenvalue weighted by atomic mass is 10.0. The molecule has 0 aliphatic rings. The number of carbonyl (C=O) groups is 1. The Morgan fingerprint density at radius 2 is 2.25 bits per heavy atom. The molecule has 1 aromatic rings. The van der Waals surface area contributed by atoms with Gasteiger partial charge in [-0.2, -0.15) is 5.26 Å². The van der Waals surface area contributed by atoms with Crippen molar-refractivity contribution < 1.29 is 4.79 Å². The third-order valence-electron chi connectivity index (χ3n) is 1.72. The van der Waals surface area contributed by atoms with Gasteiger partial charge in [-0.05, 0) is 19.4 Å². The maximum absolute atomic E-state index is 11.0. The lowest BCUT2D eigenvalue weighted by Crippen LogP contribution is -1.99. The maximum Gasteiger partial charge on any atom is 0.161 e. The van der Waals surface area contributed by atoms with Crippen molar-refractivity contribution in [2.75, 3.05) is 0 Å². The molecular weight excluding hydrogens is 152 g/mol. The first-order valence-corrected chi connectivity index (χ1v) is 3.52. The number of pyridine rings is 1. The van der Waals surface area contributed by atoms with Crippen LogP contribution in [0.25, 0.3) is 0 Å². The molecule has 0 aliphatic heterocycles. The normalized spacial score (nSPS) is 9.08. The van der Waals surface area contributed by atoms with Gasteiger partial charge in [-0.25, -0.2) is 0 Å². The predicted molar refractivity (Wildman–Crippen MR) is 43.7 cm³/mol. The van der Waals surface area contributed by atoms with Crippen molar-refractivity contribution in [3.8, 4) is 6.07 Å². The van der Waals surface area contributed by atoms with E-state index < -0.39 is 0 Å². The highest BCUT2D eigenvalue weighted by molar-refractivity contribution is 5.95. The van der Waals surface area contributed by atoms with Crippen LogP contribution in [0.4, 0.5) is 0 Å². The topological polar surface area (TPSA) is 53.8 Å². The second-order valence-corrected chi connectivity index (χ2v) is 2.53. The van der Waals surface area contributed by atoms with E-state index in [2.05, 4.69) is 4.98 Å². The van der Waals surface area contributed by atoms with Gasteiger partial charge < -0.3 is 0 Å². The Morgan fingerprint density at radius 1 is 1.58 bits per heavy atom. The van der Waals surface area contributed by atoms with Crippen molar-refractivity contribution in [3.05, 3.63) is 29.1 Å². The summed E-state index contributed by atoms with van der Waals surface area (Å²) in [5, 5.41) is 8.62. The van der Waals surface area contributed by atoms with E-state index in [0.717, 1.165) is 0 Å². The van der Waals surface area contributed by atoms with Gasteiger partial charge in [0.15, 0.2) is 5.78 Å². The molecule has 0 aromatic carbocycles. The first-order chi connectivity index (χ1) is 5.66. The summed E-state index contributed by atoms with van der Waals surface area (Å²) in [6.07, 6.45) is 2.94. The van der Waals surface area contributed by atoms with Crippen LogP contribution in [0.3, 0.4) is 0 Å². The van der Waals surface area contributed by atoms with Gasteiger partial charge in [0, 0.05) is 18.0 Å². The van der Waals surface area contributed by atoms with E-state index in [1.54, 1.807) is 6.92 Å². The van der Waals surface area contributed by atoms with E-state index in [1.165, 1.54) is 19.3 Å². The Balaban J connectivity index is 3.35. The second kappa shape index (κ2) is 3.14. The molecule has 0 atom stereocenters. The van der Waals surface area contributed by atoms with Crippen LogP contribution >= 0.6 is 0 Å². The number of ketones is 1. The Morgan fingerprint density at radius 3 is 2.75 bits per heavy atom. The first-order valence-electron chi connectivity index (χ1n) is 3.52. The van der Waals surface area contributed by atoms with Gasteiger partial charge in [-0.3, -0.25) is 9.78 Å². The van der Waals surface area contributed by atoms with Crippen LogP contribution in [-0.4, -0.2) is 10.8 Å². The molecule has 3 nitrogen and oxygen atoms in total. The number of carbonyl (C=O) groups excluding carboxylic acids is 1. The van der Waals surface area contributed by atoms with Gasteiger partial charge in [0.25, 0.3) is 0 Å². The number of aromatic nitrogens is 1. The van der Waals surface area contributed by atoms with E-state index >= 15 is 0 Å². The van der Waals surface area contributed by atoms with Gasteiger partial charge in [0.05, 0.1) is 5.56 Å². The maximum atomic E-state index is 11.0. The molecule has 1 aromatic heterocycles. The zero-order chi connectivity index (χ0) is 9.14. The number of nitriles is 1. The largest absolute Gasteiger partial charge is 0.294 e. The third-order valence-corrected chi connectivity index (χ3v) is 1.72. The fraction of sp³-hybridized carbons (Fsp3) is 0.222. The standard InChI is InChI=1S/C9H8N2O/c1-6-8(3-10)4-11-5-9(6)7(2)12/h4-5H,1-2H3. The number of Topliss-reactive ketones (excluding diaryl/α,β-unsaturated/α-hetero) is 1. The minimum Gasteiger partial charge on any atom is -0.294 e. The van der Waals surface area contributed by atoms with Crippen LogP contribution in [-0.2, 0) is 0 Å². The van der Waals surface area contributed by atoms with E-state index in [9.17, 15) is 4.79 Å². The van der Waals surface area contributed by atoms with Crippen LogP contribution in [0.15, 0.2) is 12.4 Å². The quantitative estimate of drug-likeness (QED) is 0.584. The van der Waals surface area contributed by atoms with Gasteiger partial charge in [-0.15, -0.1) is 0 Å². The van der Waals surface area contributed by atoms with E-state index in [1.807, 2.05) is 6.07 Å². The molecule has 60 valence electrons. The zero-order valence-corrected chi connectivity index (χ0v) is 6.96. The van der Waals surface area contributed by atoms with Crippen LogP contribution in [0.1, 0.15) is 28.4 Å². The smallest absolute Gasteiger partial charge is 0.161 e. The summed E-state index contributed by atoms with van der Waals surface area (Å²) in [5.41, 5.74) is 1.69. The van der Waals surface area contributed by atoms with Crippen molar-refractivity contribution in [1.82, 2.24) is 4.98 Å². The molecule has 0 radical (unpaired) electrons. The number of nitrogens with zero attached hydrogens (tertiary/aromatic N) is 2. The Kier molecular flexibility index (Phi) is 2.20. The highest BCUT2D eigenvalue weighted by Gasteiger charge is 2.07. The first kappa shape index (κ1) is 8.41. The minimum atomic E-state index is -0.0582. The Bertz CT molecular complexity index is 363. The second-order valence-electron chi connectivity index (χ2n) is 2.53. The van der Waals surface area contributed by atoms with Crippen molar-refractivity contribution >= 4 is 5.78 Å². The molecule has 3 heteroatoms. The molecule has 0 aliphatic carbocycles. The summed E-state index contributed by atoms with van der Waals surface area (Å²) in [5.74, 6) is -0.0582. The predicted octanol–water partition coefficient (Wildman–Crippen LogP) is 1.46. The summed E-state index contributed by atoms with van der Waals surface area (Å²) in [4.78, 5) is 14.8. The van der Waals surface area contributed by atoms with Crippen LogP contribution in [0.2, 0.25) is 0 Å². The molecule has 12 heavy (non-hydrogen) atoms. The fourth-order valence-corrected chi connectivity index (χ4v) is 0.993. The highest BCUT2D eigenvalue weighted by atomic mass is 16.1. The van der Waals surface area contributed by atoms with Crippen LogP contribution in [0.5, 0.6) is 0 Å². The Hall–Kier alpha value is -1.69. The van der Waals surface area contributed by atoms with Gasteiger partial charge in [-0.1, -0.05) is 0 Å². The van der Waals surface area contributed by atoms with E-state index in [0.29, 0.717) is 16.7 Å². The molecule has 0 fully saturated rings. The fourth-order valence-electron chi connectivity index (χ4n) is 0.993. The summed E-state index contributed by atoms with van der Waals surface area (Å²) in [7, 11) is 0. The monoisotopic (exact) mass is 160 g/mol. The molecular formula is C9H8N2O. The Labute approximate surface area is 70.7 Å². The summed E-state index contributed by atoms with van der Waals surface area (Å²) < 4.78 is 0. The molecule has 0 bridgehead atoms. The highest BCUT2D eigenvalue weighted by Crippen LogP contribution is 2.10. The van der Waals surface area contributed by atoms with Crippen LogP contribution < -0.4 is 0 Å². The van der Waals surface area contributed by atoms with Crippen molar-refractivity contribution in [1.29, 1.82) is 5.26 Å².